The number of ether oxygens (including phenoxy) is 1. The summed E-state index contributed by atoms with van der Waals surface area (Å²) in [7, 11) is 1.21. The Hall–Kier alpha value is -1.11. The lowest BCUT2D eigenvalue weighted by molar-refractivity contribution is -0.145. The van der Waals surface area contributed by atoms with Gasteiger partial charge in [0.2, 0.25) is 5.91 Å². The monoisotopic (exact) mass is 234 g/mol. The summed E-state index contributed by atoms with van der Waals surface area (Å²) in [4.78, 5) is 32.4. The molecule has 0 aliphatic heterocycles. The van der Waals surface area contributed by atoms with E-state index in [1.807, 2.05) is 0 Å². The maximum Gasteiger partial charge on any atom is 0.329 e. The van der Waals surface area contributed by atoms with Gasteiger partial charge in [-0.3, -0.25) is 4.79 Å². The zero-order valence-electron chi connectivity index (χ0n) is 9.07. The Balaban J connectivity index is 4.82. The van der Waals surface area contributed by atoms with Crippen LogP contribution in [0.5, 0.6) is 0 Å². The van der Waals surface area contributed by atoms with Crippen molar-refractivity contribution in [3.05, 3.63) is 4.91 Å². The Labute approximate surface area is 92.2 Å². The predicted molar refractivity (Wildman–Crippen MR) is 57.1 cm³/mol. The highest BCUT2D eigenvalue weighted by atomic mass is 32.2. The molecule has 0 aliphatic rings. The van der Waals surface area contributed by atoms with Crippen LogP contribution in [0.4, 0.5) is 0 Å². The molecule has 0 unspecified atom stereocenters. The molecule has 0 aromatic carbocycles. The summed E-state index contributed by atoms with van der Waals surface area (Å²) in [5.74, 6) is -0.976. The highest BCUT2D eigenvalue weighted by Crippen LogP contribution is 2.29. The van der Waals surface area contributed by atoms with Crippen LogP contribution in [0.1, 0.15) is 20.8 Å². The molecule has 0 rings (SSSR count). The van der Waals surface area contributed by atoms with Crippen LogP contribution in [-0.4, -0.2) is 29.8 Å². The number of nitrogens with zero attached hydrogens (tertiary/aromatic N) is 1. The first-order valence-corrected chi connectivity index (χ1v) is 4.98. The lowest BCUT2D eigenvalue weighted by Gasteiger charge is -2.28. The van der Waals surface area contributed by atoms with Crippen molar-refractivity contribution in [1.29, 1.82) is 0 Å². The van der Waals surface area contributed by atoms with Gasteiger partial charge in [0.15, 0.2) is 0 Å². The summed E-state index contributed by atoms with van der Waals surface area (Å²) >= 11 is 0.681. The van der Waals surface area contributed by atoms with E-state index in [4.69, 9.17) is 0 Å². The highest BCUT2D eigenvalue weighted by molar-refractivity contribution is 7.99. The van der Waals surface area contributed by atoms with E-state index in [0.717, 1.165) is 0 Å². The standard InChI is InChI=1S/C8H14N2O4S/c1-5(11)9-6(7(12)14-4)8(2,3)15-10-13/h6H,1-4H3,(H,9,11)/t6-/m1/s1. The van der Waals surface area contributed by atoms with Crippen LogP contribution in [0, 0.1) is 4.91 Å². The molecular formula is C8H14N2O4S. The normalized spacial score (nSPS) is 12.8. The largest absolute Gasteiger partial charge is 0.467 e. The van der Waals surface area contributed by atoms with Crippen LogP contribution < -0.4 is 5.32 Å². The molecule has 0 aliphatic carbocycles. The van der Waals surface area contributed by atoms with Gasteiger partial charge in [-0.2, -0.15) is 0 Å². The third-order valence-electron chi connectivity index (χ3n) is 1.75. The van der Waals surface area contributed by atoms with Crippen LogP contribution in [-0.2, 0) is 14.3 Å². The van der Waals surface area contributed by atoms with Crippen molar-refractivity contribution < 1.29 is 14.3 Å². The zero-order valence-corrected chi connectivity index (χ0v) is 9.88. The van der Waals surface area contributed by atoms with Crippen molar-refractivity contribution in [3.63, 3.8) is 0 Å². The number of amides is 1. The third-order valence-corrected chi connectivity index (χ3v) is 2.53. The predicted octanol–water partition coefficient (Wildman–Crippen LogP) is 0.857. The fourth-order valence-corrected chi connectivity index (χ4v) is 1.44. The number of carbonyl (C=O) groups is 2. The molecular weight excluding hydrogens is 220 g/mol. The molecule has 1 N–H and O–H groups in total. The van der Waals surface area contributed by atoms with E-state index in [0.29, 0.717) is 11.9 Å². The molecule has 1 amide bonds. The van der Waals surface area contributed by atoms with Crippen molar-refractivity contribution in [2.45, 2.75) is 31.6 Å². The number of esters is 1. The van der Waals surface area contributed by atoms with Gasteiger partial charge >= 0.3 is 5.97 Å². The number of hydrogen-bond donors (Lipinski definition) is 1. The number of nitrogens with one attached hydrogen (secondary N) is 1. The van der Waals surface area contributed by atoms with Gasteiger partial charge in [0.1, 0.15) is 6.04 Å². The molecule has 1 atom stereocenters. The summed E-state index contributed by atoms with van der Waals surface area (Å²) < 4.78 is 6.35. The van der Waals surface area contributed by atoms with E-state index in [9.17, 15) is 14.5 Å². The Morgan fingerprint density at radius 1 is 1.47 bits per heavy atom. The van der Waals surface area contributed by atoms with Crippen molar-refractivity contribution >= 4 is 23.8 Å². The van der Waals surface area contributed by atoms with Crippen molar-refractivity contribution in [1.82, 2.24) is 5.32 Å². The van der Waals surface area contributed by atoms with Gasteiger partial charge in [0.05, 0.1) is 11.9 Å². The maximum atomic E-state index is 11.4. The molecule has 86 valence electrons. The number of carbonyl (C=O) groups excluding carboxylic acids is 2. The van der Waals surface area contributed by atoms with Crippen molar-refractivity contribution in [2.75, 3.05) is 7.11 Å². The summed E-state index contributed by atoms with van der Waals surface area (Å²) in [6.45, 7) is 4.53. The molecule has 0 fully saturated rings. The Morgan fingerprint density at radius 3 is 2.33 bits per heavy atom. The molecule has 0 aromatic heterocycles. The van der Waals surface area contributed by atoms with Gasteiger partial charge in [-0.15, -0.1) is 4.91 Å². The van der Waals surface area contributed by atoms with Crippen LogP contribution in [0.15, 0.2) is 4.58 Å². The van der Waals surface area contributed by atoms with Gasteiger partial charge in [-0.1, -0.05) is 0 Å². The smallest absolute Gasteiger partial charge is 0.329 e. The summed E-state index contributed by atoms with van der Waals surface area (Å²) in [5, 5.41) is 2.42. The van der Waals surface area contributed by atoms with Crippen LogP contribution in [0.2, 0.25) is 0 Å². The molecule has 0 saturated carbocycles. The number of rotatable bonds is 5. The topological polar surface area (TPSA) is 84.8 Å². The van der Waals surface area contributed by atoms with E-state index >= 15 is 0 Å². The molecule has 0 heterocycles. The Kier molecular flexibility index (Phi) is 5.27. The fourth-order valence-electron chi connectivity index (χ4n) is 0.986. The second-order valence-corrected chi connectivity index (χ2v) is 4.81. The third kappa shape index (κ3) is 4.28. The number of nitroso groups, excluding NO2 is 1. The molecule has 0 spiro atoms. The first kappa shape index (κ1) is 13.9. The van der Waals surface area contributed by atoms with E-state index in [1.54, 1.807) is 13.8 Å². The minimum Gasteiger partial charge on any atom is -0.467 e. The minimum absolute atomic E-state index is 0.370. The average Bonchev–Trinajstić information content (AvgIpc) is 2.12. The minimum atomic E-state index is -0.900. The quantitative estimate of drug-likeness (QED) is 0.433. The molecule has 0 saturated heterocycles. The second kappa shape index (κ2) is 5.69. The number of methoxy groups -OCH3 is 1. The first-order chi connectivity index (χ1) is 6.85. The molecule has 6 nitrogen and oxygen atoms in total. The van der Waals surface area contributed by atoms with Gasteiger partial charge in [0.25, 0.3) is 0 Å². The van der Waals surface area contributed by atoms with Gasteiger partial charge in [0, 0.05) is 23.5 Å². The van der Waals surface area contributed by atoms with Gasteiger partial charge in [-0.25, -0.2) is 4.79 Å². The molecule has 15 heavy (non-hydrogen) atoms. The lowest BCUT2D eigenvalue weighted by atomic mass is 10.0. The van der Waals surface area contributed by atoms with Crippen LogP contribution >= 0.6 is 11.9 Å². The zero-order chi connectivity index (χ0) is 12.1. The summed E-state index contributed by atoms with van der Waals surface area (Å²) in [5.41, 5.74) is 0. The molecule has 0 radical (unpaired) electrons. The van der Waals surface area contributed by atoms with E-state index < -0.39 is 16.8 Å². The van der Waals surface area contributed by atoms with E-state index in [-0.39, 0.29) is 5.91 Å². The van der Waals surface area contributed by atoms with Crippen molar-refractivity contribution in [2.24, 2.45) is 4.58 Å². The Bertz CT molecular complexity index is 267. The second-order valence-electron chi connectivity index (χ2n) is 3.43. The van der Waals surface area contributed by atoms with E-state index in [2.05, 4.69) is 14.6 Å². The van der Waals surface area contributed by atoms with Crippen molar-refractivity contribution in [3.8, 4) is 0 Å². The van der Waals surface area contributed by atoms with Gasteiger partial charge in [-0.05, 0) is 13.8 Å². The Morgan fingerprint density at radius 2 is 2.00 bits per heavy atom. The van der Waals surface area contributed by atoms with Crippen LogP contribution in [0.25, 0.3) is 0 Å². The highest BCUT2D eigenvalue weighted by Gasteiger charge is 2.38. The molecule has 0 bridgehead atoms. The van der Waals surface area contributed by atoms with Crippen LogP contribution in [0.3, 0.4) is 0 Å². The lowest BCUT2D eigenvalue weighted by Crippen LogP contribution is -2.52. The molecule has 0 aromatic rings. The number of hydrogen-bond acceptors (Lipinski definition) is 6. The van der Waals surface area contributed by atoms with E-state index in [1.165, 1.54) is 14.0 Å². The summed E-state index contributed by atoms with van der Waals surface area (Å²) in [6, 6.07) is -0.900. The SMILES string of the molecule is COC(=O)[C@@H](NC(C)=O)C(C)(C)SN=O. The molecule has 7 heteroatoms. The fraction of sp³-hybridized carbons (Fsp3) is 0.750. The van der Waals surface area contributed by atoms with Gasteiger partial charge < -0.3 is 10.1 Å². The first-order valence-electron chi connectivity index (χ1n) is 4.21. The summed E-state index contributed by atoms with van der Waals surface area (Å²) in [6.07, 6.45) is 0. The maximum absolute atomic E-state index is 11.4. The average molecular weight is 234 g/mol.